The van der Waals surface area contributed by atoms with Gasteiger partial charge in [0.25, 0.3) is 0 Å². The minimum atomic E-state index is 0.289. The maximum Gasteiger partial charge on any atom is 0.215 e. The van der Waals surface area contributed by atoms with Crippen LogP contribution in [0.15, 0.2) is 0 Å². The van der Waals surface area contributed by atoms with Gasteiger partial charge < -0.3 is 4.74 Å². The monoisotopic (exact) mass is 212 g/mol. The molecule has 0 fully saturated rings. The molecule has 1 aromatic rings. The van der Waals surface area contributed by atoms with Crippen molar-refractivity contribution in [2.75, 3.05) is 0 Å². The molecule has 15 heavy (non-hydrogen) atoms. The Balaban J connectivity index is 0.000000442. The molecular weight excluding hydrogens is 188 g/mol. The zero-order valence-electron chi connectivity index (χ0n) is 11.1. The SMILES string of the molecule is CC.CC.Cc1nn2c(c1C)OC(C)C2. The molecule has 1 unspecified atom stereocenters. The highest BCUT2D eigenvalue weighted by molar-refractivity contribution is 5.30. The van der Waals surface area contributed by atoms with Crippen molar-refractivity contribution in [2.45, 2.75) is 61.1 Å². The van der Waals surface area contributed by atoms with Crippen molar-refractivity contribution in [1.29, 1.82) is 0 Å². The van der Waals surface area contributed by atoms with E-state index < -0.39 is 0 Å². The number of aryl methyl sites for hydroxylation is 1. The van der Waals surface area contributed by atoms with Gasteiger partial charge in [-0.3, -0.25) is 0 Å². The number of nitrogens with zero attached hydrogens (tertiary/aromatic N) is 2. The Labute approximate surface area is 93.4 Å². The molecular formula is C12H24N2O. The zero-order valence-corrected chi connectivity index (χ0v) is 11.1. The second-order valence-corrected chi connectivity index (χ2v) is 3.13. The van der Waals surface area contributed by atoms with Crippen molar-refractivity contribution in [3.8, 4) is 5.88 Å². The van der Waals surface area contributed by atoms with Crippen LogP contribution in [0.1, 0.15) is 45.9 Å². The molecule has 0 aromatic carbocycles. The molecule has 1 aromatic heterocycles. The lowest BCUT2D eigenvalue weighted by molar-refractivity contribution is 0.251. The number of hydrogen-bond donors (Lipinski definition) is 0. The molecule has 0 amide bonds. The summed E-state index contributed by atoms with van der Waals surface area (Å²) in [5, 5.41) is 4.33. The number of aromatic nitrogens is 2. The van der Waals surface area contributed by atoms with Crippen LogP contribution in [0.5, 0.6) is 5.88 Å². The van der Waals surface area contributed by atoms with Gasteiger partial charge in [0.15, 0.2) is 0 Å². The van der Waals surface area contributed by atoms with Crippen LogP contribution in [0.4, 0.5) is 0 Å². The number of rotatable bonds is 0. The van der Waals surface area contributed by atoms with Crippen LogP contribution in [-0.2, 0) is 6.54 Å². The van der Waals surface area contributed by atoms with Gasteiger partial charge in [-0.05, 0) is 20.8 Å². The van der Waals surface area contributed by atoms with Gasteiger partial charge in [-0.1, -0.05) is 27.7 Å². The topological polar surface area (TPSA) is 27.1 Å². The third-order valence-corrected chi connectivity index (χ3v) is 2.11. The van der Waals surface area contributed by atoms with Crippen molar-refractivity contribution >= 4 is 0 Å². The van der Waals surface area contributed by atoms with Gasteiger partial charge in [0.2, 0.25) is 5.88 Å². The lowest BCUT2D eigenvalue weighted by Crippen LogP contribution is -2.09. The maximum absolute atomic E-state index is 5.56. The van der Waals surface area contributed by atoms with Crippen molar-refractivity contribution in [3.05, 3.63) is 11.3 Å². The third-order valence-electron chi connectivity index (χ3n) is 2.11. The predicted octanol–water partition coefficient (Wildman–Crippen LogP) is 3.33. The molecule has 0 spiro atoms. The molecule has 3 nitrogen and oxygen atoms in total. The first kappa shape index (κ1) is 14.0. The molecule has 0 radical (unpaired) electrons. The highest BCUT2D eigenvalue weighted by atomic mass is 16.5. The second-order valence-electron chi connectivity index (χ2n) is 3.13. The Bertz CT molecular complexity index is 292. The quantitative estimate of drug-likeness (QED) is 0.659. The summed E-state index contributed by atoms with van der Waals surface area (Å²) in [7, 11) is 0. The van der Waals surface area contributed by atoms with Crippen LogP contribution in [-0.4, -0.2) is 15.9 Å². The molecule has 3 heteroatoms. The molecule has 1 atom stereocenters. The number of ether oxygens (including phenoxy) is 1. The molecule has 0 aliphatic carbocycles. The summed E-state index contributed by atoms with van der Waals surface area (Å²) in [6.07, 6.45) is 0.289. The summed E-state index contributed by atoms with van der Waals surface area (Å²) in [5.74, 6) is 0.954. The highest BCUT2D eigenvalue weighted by Gasteiger charge is 2.23. The average molecular weight is 212 g/mol. The molecule has 0 bridgehead atoms. The Morgan fingerprint density at radius 1 is 1.20 bits per heavy atom. The second kappa shape index (κ2) is 6.49. The molecule has 0 saturated carbocycles. The molecule has 2 heterocycles. The summed E-state index contributed by atoms with van der Waals surface area (Å²) in [5.41, 5.74) is 2.25. The van der Waals surface area contributed by atoms with E-state index in [2.05, 4.69) is 12.0 Å². The Morgan fingerprint density at radius 3 is 2.20 bits per heavy atom. The summed E-state index contributed by atoms with van der Waals surface area (Å²) in [6.45, 7) is 15.0. The molecule has 2 rings (SSSR count). The fourth-order valence-electron chi connectivity index (χ4n) is 1.39. The molecule has 1 aliphatic rings. The van der Waals surface area contributed by atoms with Gasteiger partial charge in [0.05, 0.1) is 12.2 Å². The average Bonchev–Trinajstić information content (AvgIpc) is 2.74. The van der Waals surface area contributed by atoms with Gasteiger partial charge in [-0.2, -0.15) is 5.10 Å². The van der Waals surface area contributed by atoms with E-state index in [4.69, 9.17) is 4.74 Å². The van der Waals surface area contributed by atoms with Gasteiger partial charge in [-0.15, -0.1) is 0 Å². The van der Waals surface area contributed by atoms with Crippen molar-refractivity contribution in [3.63, 3.8) is 0 Å². The van der Waals surface area contributed by atoms with Crippen LogP contribution in [0.2, 0.25) is 0 Å². The van der Waals surface area contributed by atoms with E-state index >= 15 is 0 Å². The van der Waals surface area contributed by atoms with Crippen LogP contribution >= 0.6 is 0 Å². The third kappa shape index (κ3) is 2.98. The van der Waals surface area contributed by atoms with Gasteiger partial charge in [0.1, 0.15) is 6.10 Å². The molecule has 0 saturated heterocycles. The van der Waals surface area contributed by atoms with E-state index in [1.165, 1.54) is 5.56 Å². The van der Waals surface area contributed by atoms with Crippen molar-refractivity contribution in [1.82, 2.24) is 9.78 Å². The minimum Gasteiger partial charge on any atom is -0.473 e. The summed E-state index contributed by atoms with van der Waals surface area (Å²) < 4.78 is 7.50. The highest BCUT2D eigenvalue weighted by Crippen LogP contribution is 2.27. The van der Waals surface area contributed by atoms with Gasteiger partial charge in [-0.25, -0.2) is 4.68 Å². The van der Waals surface area contributed by atoms with E-state index in [1.807, 2.05) is 46.2 Å². The summed E-state index contributed by atoms with van der Waals surface area (Å²) >= 11 is 0. The van der Waals surface area contributed by atoms with Gasteiger partial charge >= 0.3 is 0 Å². The van der Waals surface area contributed by atoms with E-state index in [9.17, 15) is 0 Å². The maximum atomic E-state index is 5.56. The molecule has 88 valence electrons. The smallest absolute Gasteiger partial charge is 0.215 e. The first-order chi connectivity index (χ1) is 7.18. The Morgan fingerprint density at radius 2 is 1.73 bits per heavy atom. The van der Waals surface area contributed by atoms with Crippen LogP contribution in [0, 0.1) is 13.8 Å². The minimum absolute atomic E-state index is 0.289. The van der Waals surface area contributed by atoms with E-state index in [0.717, 1.165) is 18.1 Å². The standard InChI is InChI=1S/C8H12N2O.2C2H6/c1-5-4-10-8(11-5)6(2)7(3)9-10;2*1-2/h5H,4H2,1-3H3;2*1-2H3. The molecule has 1 aliphatic heterocycles. The largest absolute Gasteiger partial charge is 0.473 e. The number of fused-ring (bicyclic) bond motifs is 1. The lowest BCUT2D eigenvalue weighted by Gasteiger charge is -2.00. The van der Waals surface area contributed by atoms with E-state index in [0.29, 0.717) is 0 Å². The lowest BCUT2D eigenvalue weighted by atomic mass is 10.3. The Hall–Kier alpha value is -0.990. The van der Waals surface area contributed by atoms with E-state index in [-0.39, 0.29) is 6.10 Å². The van der Waals surface area contributed by atoms with Crippen LogP contribution in [0.25, 0.3) is 0 Å². The fourth-order valence-corrected chi connectivity index (χ4v) is 1.39. The van der Waals surface area contributed by atoms with Crippen molar-refractivity contribution in [2.24, 2.45) is 0 Å². The zero-order chi connectivity index (χ0) is 12.0. The van der Waals surface area contributed by atoms with E-state index in [1.54, 1.807) is 0 Å². The normalized spacial score (nSPS) is 16.6. The van der Waals surface area contributed by atoms with Crippen LogP contribution in [0.3, 0.4) is 0 Å². The first-order valence-electron chi connectivity index (χ1n) is 5.89. The number of hydrogen-bond acceptors (Lipinski definition) is 2. The fraction of sp³-hybridized carbons (Fsp3) is 0.750. The van der Waals surface area contributed by atoms with Gasteiger partial charge in [0, 0.05) is 5.56 Å². The Kier molecular flexibility index (Phi) is 6.06. The predicted molar refractivity (Wildman–Crippen MR) is 64.5 cm³/mol. The van der Waals surface area contributed by atoms with Crippen molar-refractivity contribution < 1.29 is 4.74 Å². The van der Waals surface area contributed by atoms with Crippen LogP contribution < -0.4 is 4.74 Å². The molecule has 0 N–H and O–H groups in total. The summed E-state index contributed by atoms with van der Waals surface area (Å²) in [4.78, 5) is 0. The summed E-state index contributed by atoms with van der Waals surface area (Å²) in [6, 6.07) is 0. The first-order valence-corrected chi connectivity index (χ1v) is 5.89.